The second-order valence-corrected chi connectivity index (χ2v) is 7.50. The maximum absolute atomic E-state index is 5.24. The van der Waals surface area contributed by atoms with E-state index in [1.165, 1.54) is 10.6 Å². The van der Waals surface area contributed by atoms with Crippen molar-refractivity contribution >= 4 is 23.0 Å². The lowest BCUT2D eigenvalue weighted by Crippen LogP contribution is -2.53. The molecule has 1 N–H and O–H groups in total. The third kappa shape index (κ3) is 4.49. The molecule has 0 amide bonds. The van der Waals surface area contributed by atoms with Crippen LogP contribution in [-0.4, -0.2) is 57.7 Å². The Balaban J connectivity index is 1.50. The summed E-state index contributed by atoms with van der Waals surface area (Å²) in [6, 6.07) is 12.6. The number of guanidine groups is 1. The fourth-order valence-corrected chi connectivity index (χ4v) is 4.01. The number of anilines is 1. The van der Waals surface area contributed by atoms with Crippen molar-refractivity contribution in [3.8, 4) is 5.75 Å². The topological polar surface area (TPSA) is 40.1 Å². The highest BCUT2D eigenvalue weighted by Crippen LogP contribution is 2.21. The van der Waals surface area contributed by atoms with E-state index in [1.807, 2.05) is 30.5 Å². The molecule has 1 unspecified atom stereocenters. The van der Waals surface area contributed by atoms with E-state index in [2.05, 4.69) is 56.7 Å². The van der Waals surface area contributed by atoms with Gasteiger partial charge in [-0.1, -0.05) is 13.0 Å². The summed E-state index contributed by atoms with van der Waals surface area (Å²) in [5.41, 5.74) is 1.25. The zero-order valence-electron chi connectivity index (χ0n) is 15.8. The Bertz CT molecular complexity index is 691. The fourth-order valence-electron chi connectivity index (χ4n) is 3.22. The van der Waals surface area contributed by atoms with Crippen LogP contribution in [0.15, 0.2) is 46.8 Å². The van der Waals surface area contributed by atoms with Gasteiger partial charge in [0.25, 0.3) is 0 Å². The fraction of sp³-hybridized carbons (Fsp3) is 0.450. The normalized spacial score (nSPS) is 16.5. The van der Waals surface area contributed by atoms with Gasteiger partial charge in [-0.05, 0) is 35.7 Å². The Labute approximate surface area is 160 Å². The highest BCUT2D eigenvalue weighted by atomic mass is 32.1. The van der Waals surface area contributed by atoms with Crippen molar-refractivity contribution in [2.45, 2.75) is 12.8 Å². The van der Waals surface area contributed by atoms with Crippen molar-refractivity contribution < 1.29 is 4.74 Å². The molecule has 1 saturated heterocycles. The molecule has 5 nitrogen and oxygen atoms in total. The van der Waals surface area contributed by atoms with Crippen LogP contribution in [0, 0.1) is 0 Å². The number of hydrogen-bond donors (Lipinski definition) is 1. The molecule has 1 aromatic heterocycles. The van der Waals surface area contributed by atoms with Gasteiger partial charge in [0, 0.05) is 56.3 Å². The molecule has 2 heterocycles. The first kappa shape index (κ1) is 18.6. The number of hydrogen-bond acceptors (Lipinski definition) is 4. The quantitative estimate of drug-likeness (QED) is 0.646. The van der Waals surface area contributed by atoms with E-state index >= 15 is 0 Å². The van der Waals surface area contributed by atoms with Crippen LogP contribution in [0.4, 0.5) is 5.69 Å². The SMILES string of the molecule is CN=C(NCC(C)c1cccs1)N1CCN(c2ccc(OC)cc2)CC1. The van der Waals surface area contributed by atoms with Crippen molar-refractivity contribution in [1.82, 2.24) is 10.2 Å². The lowest BCUT2D eigenvalue weighted by atomic mass is 10.1. The molecule has 0 saturated carbocycles. The van der Waals surface area contributed by atoms with Crippen molar-refractivity contribution in [2.75, 3.05) is 51.8 Å². The van der Waals surface area contributed by atoms with Crippen molar-refractivity contribution in [3.05, 3.63) is 46.7 Å². The molecule has 1 aromatic carbocycles. The molecule has 1 aliphatic rings. The number of nitrogens with one attached hydrogen (secondary N) is 1. The maximum Gasteiger partial charge on any atom is 0.193 e. The summed E-state index contributed by atoms with van der Waals surface area (Å²) < 4.78 is 5.24. The van der Waals surface area contributed by atoms with Crippen LogP contribution in [0.2, 0.25) is 0 Å². The number of rotatable bonds is 5. The summed E-state index contributed by atoms with van der Waals surface area (Å²) in [5.74, 6) is 2.40. The van der Waals surface area contributed by atoms with E-state index in [9.17, 15) is 0 Å². The zero-order chi connectivity index (χ0) is 18.4. The van der Waals surface area contributed by atoms with Crippen LogP contribution >= 0.6 is 11.3 Å². The molecule has 26 heavy (non-hydrogen) atoms. The van der Waals surface area contributed by atoms with Gasteiger partial charge >= 0.3 is 0 Å². The van der Waals surface area contributed by atoms with Crippen LogP contribution in [0.1, 0.15) is 17.7 Å². The number of benzene rings is 1. The molecule has 1 atom stereocenters. The van der Waals surface area contributed by atoms with E-state index < -0.39 is 0 Å². The zero-order valence-corrected chi connectivity index (χ0v) is 16.6. The first-order valence-electron chi connectivity index (χ1n) is 9.09. The Morgan fingerprint density at radius 2 is 1.92 bits per heavy atom. The van der Waals surface area contributed by atoms with E-state index in [-0.39, 0.29) is 0 Å². The Morgan fingerprint density at radius 1 is 1.19 bits per heavy atom. The van der Waals surface area contributed by atoms with E-state index in [0.29, 0.717) is 5.92 Å². The van der Waals surface area contributed by atoms with Gasteiger partial charge in [-0.25, -0.2) is 0 Å². The minimum atomic E-state index is 0.493. The highest BCUT2D eigenvalue weighted by molar-refractivity contribution is 7.10. The minimum Gasteiger partial charge on any atom is -0.497 e. The minimum absolute atomic E-state index is 0.493. The predicted octanol–water partition coefficient (Wildman–Crippen LogP) is 3.26. The van der Waals surface area contributed by atoms with Gasteiger partial charge in [-0.2, -0.15) is 0 Å². The standard InChI is InChI=1S/C20H28N4OS/c1-16(19-5-4-14-26-19)15-22-20(21-2)24-12-10-23(11-13-24)17-6-8-18(25-3)9-7-17/h4-9,14,16H,10-13,15H2,1-3H3,(H,21,22). The molecule has 0 radical (unpaired) electrons. The number of piperazine rings is 1. The molecule has 3 rings (SSSR count). The smallest absolute Gasteiger partial charge is 0.193 e. The van der Waals surface area contributed by atoms with Crippen LogP contribution in [0.25, 0.3) is 0 Å². The number of aliphatic imine (C=N–C) groups is 1. The third-order valence-corrected chi connectivity index (χ3v) is 5.93. The molecule has 0 aliphatic carbocycles. The summed E-state index contributed by atoms with van der Waals surface area (Å²) in [6.45, 7) is 7.10. The van der Waals surface area contributed by atoms with Gasteiger partial charge < -0.3 is 19.9 Å². The molecule has 1 fully saturated rings. The van der Waals surface area contributed by atoms with Gasteiger partial charge in [0.1, 0.15) is 5.75 Å². The van der Waals surface area contributed by atoms with Crippen LogP contribution in [-0.2, 0) is 0 Å². The summed E-state index contributed by atoms with van der Waals surface area (Å²) in [6.07, 6.45) is 0. The van der Waals surface area contributed by atoms with Gasteiger partial charge in [-0.15, -0.1) is 11.3 Å². The predicted molar refractivity (Wildman–Crippen MR) is 111 cm³/mol. The van der Waals surface area contributed by atoms with Crippen molar-refractivity contribution in [2.24, 2.45) is 4.99 Å². The number of thiophene rings is 1. The summed E-state index contributed by atoms with van der Waals surface area (Å²) in [4.78, 5) is 10.7. The first-order chi connectivity index (χ1) is 12.7. The largest absolute Gasteiger partial charge is 0.497 e. The maximum atomic E-state index is 5.24. The molecule has 2 aromatic rings. The molecule has 140 valence electrons. The Hall–Kier alpha value is -2.21. The van der Waals surface area contributed by atoms with Crippen LogP contribution in [0.5, 0.6) is 5.75 Å². The Kier molecular flexibility index (Phi) is 6.39. The van der Waals surface area contributed by atoms with Gasteiger partial charge in [0.15, 0.2) is 5.96 Å². The average Bonchev–Trinajstić information content (AvgIpc) is 3.24. The third-order valence-electron chi connectivity index (χ3n) is 4.82. The lowest BCUT2D eigenvalue weighted by molar-refractivity contribution is 0.371. The monoisotopic (exact) mass is 372 g/mol. The van der Waals surface area contributed by atoms with Crippen molar-refractivity contribution in [1.29, 1.82) is 0 Å². The van der Waals surface area contributed by atoms with E-state index in [1.54, 1.807) is 7.11 Å². The van der Waals surface area contributed by atoms with Crippen molar-refractivity contribution in [3.63, 3.8) is 0 Å². The molecule has 0 spiro atoms. The second kappa shape index (κ2) is 8.94. The van der Waals surface area contributed by atoms with Crippen LogP contribution < -0.4 is 15.0 Å². The number of ether oxygens (including phenoxy) is 1. The molecule has 1 aliphatic heterocycles. The van der Waals surface area contributed by atoms with Gasteiger partial charge in [0.2, 0.25) is 0 Å². The Morgan fingerprint density at radius 3 is 2.50 bits per heavy atom. The highest BCUT2D eigenvalue weighted by Gasteiger charge is 2.20. The summed E-state index contributed by atoms with van der Waals surface area (Å²) in [5, 5.41) is 5.68. The molecular formula is C20H28N4OS. The van der Waals surface area contributed by atoms with Gasteiger partial charge in [-0.3, -0.25) is 4.99 Å². The first-order valence-corrected chi connectivity index (χ1v) is 9.97. The molecule has 0 bridgehead atoms. The average molecular weight is 373 g/mol. The molecular weight excluding hydrogens is 344 g/mol. The van der Waals surface area contributed by atoms with E-state index in [0.717, 1.165) is 44.4 Å². The summed E-state index contributed by atoms with van der Waals surface area (Å²) in [7, 11) is 3.57. The molecule has 6 heteroatoms. The number of nitrogens with zero attached hydrogens (tertiary/aromatic N) is 3. The second-order valence-electron chi connectivity index (χ2n) is 6.52. The van der Waals surface area contributed by atoms with E-state index in [4.69, 9.17) is 4.74 Å². The lowest BCUT2D eigenvalue weighted by Gasteiger charge is -2.38. The van der Waals surface area contributed by atoms with Gasteiger partial charge in [0.05, 0.1) is 7.11 Å². The number of methoxy groups -OCH3 is 1. The summed E-state index contributed by atoms with van der Waals surface area (Å²) >= 11 is 1.82. The van der Waals surface area contributed by atoms with Crippen LogP contribution in [0.3, 0.4) is 0 Å².